The van der Waals surface area contributed by atoms with Crippen LogP contribution in [0.25, 0.3) is 0 Å². The van der Waals surface area contributed by atoms with Crippen molar-refractivity contribution in [3.8, 4) is 5.75 Å². The highest BCUT2D eigenvalue weighted by Crippen LogP contribution is 2.59. The summed E-state index contributed by atoms with van der Waals surface area (Å²) >= 11 is -0.632. The molecule has 0 amide bonds. The Bertz CT molecular complexity index is 509. The Kier molecular flexibility index (Phi) is 5.26. The minimum atomic E-state index is -5.72. The molecule has 0 radical (unpaired) electrons. The van der Waals surface area contributed by atoms with Crippen LogP contribution in [-0.2, 0) is 14.3 Å². The van der Waals surface area contributed by atoms with Crippen LogP contribution in [0.4, 0.5) is 26.3 Å². The van der Waals surface area contributed by atoms with Crippen molar-refractivity contribution in [3.05, 3.63) is 29.8 Å². The van der Waals surface area contributed by atoms with Gasteiger partial charge in [0, 0.05) is 0 Å². The van der Waals surface area contributed by atoms with Crippen LogP contribution in [0, 0.1) is 0 Å². The number of thioether (sulfide) groups is 1. The fourth-order valence-corrected chi connectivity index (χ4v) is 2.74. The van der Waals surface area contributed by atoms with Crippen molar-refractivity contribution in [2.24, 2.45) is 0 Å². The van der Waals surface area contributed by atoms with Gasteiger partial charge in [-0.1, -0.05) is 12.1 Å². The molecule has 1 N–H and O–H groups in total. The number of phenolic OH excluding ortho intramolecular Hbond substituents is 1. The lowest BCUT2D eigenvalue weighted by molar-refractivity contribution is -0.269. The van der Waals surface area contributed by atoms with E-state index in [0.29, 0.717) is 24.3 Å². The van der Waals surface area contributed by atoms with Crippen molar-refractivity contribution < 1.29 is 41.0 Å². The number of carbonyl (C=O) groups is 1. The van der Waals surface area contributed by atoms with Crippen LogP contribution >= 0.6 is 11.8 Å². The van der Waals surface area contributed by atoms with Gasteiger partial charge in [-0.25, -0.2) is 0 Å². The summed E-state index contributed by atoms with van der Waals surface area (Å²) in [5.41, 5.74) is -1.14. The van der Waals surface area contributed by atoms with Crippen molar-refractivity contribution >= 4 is 17.7 Å². The van der Waals surface area contributed by atoms with Gasteiger partial charge in [0.05, 0.1) is 12.9 Å². The average Bonchev–Trinajstić information content (AvgIpc) is 2.37. The number of hydrogen-bond donors (Lipinski definition) is 1. The molecule has 1 aromatic rings. The molecule has 0 aromatic heterocycles. The Hall–Kier alpha value is -1.58. The van der Waals surface area contributed by atoms with Crippen LogP contribution in [0.2, 0.25) is 0 Å². The predicted octanol–water partition coefficient (Wildman–Crippen LogP) is 3.62. The maximum Gasteiger partial charge on any atom is 0.416 e. The summed E-state index contributed by atoms with van der Waals surface area (Å²) in [5, 5.41) is 9.04. The fourth-order valence-electron chi connectivity index (χ4n) is 1.66. The van der Waals surface area contributed by atoms with Crippen LogP contribution in [0.5, 0.6) is 5.75 Å². The summed E-state index contributed by atoms with van der Waals surface area (Å²) in [6.45, 7) is 0. The van der Waals surface area contributed by atoms with Crippen molar-refractivity contribution in [3.63, 3.8) is 0 Å². The number of aromatic hydroxyl groups is 1. The van der Waals surface area contributed by atoms with E-state index >= 15 is 0 Å². The minimum Gasteiger partial charge on any atom is -0.508 e. The maximum atomic E-state index is 13.3. The Morgan fingerprint density at radius 2 is 1.55 bits per heavy atom. The van der Waals surface area contributed by atoms with E-state index in [4.69, 9.17) is 5.11 Å². The number of ether oxygens (including phenoxy) is 1. The van der Waals surface area contributed by atoms with Crippen LogP contribution < -0.4 is 0 Å². The summed E-state index contributed by atoms with van der Waals surface area (Å²) in [4.78, 5) is 11.0. The second-order valence-electron chi connectivity index (χ2n) is 4.09. The van der Waals surface area contributed by atoms with Gasteiger partial charge in [0.1, 0.15) is 5.75 Å². The molecule has 0 spiro atoms. The number of rotatable bonds is 4. The second kappa shape index (κ2) is 6.27. The van der Waals surface area contributed by atoms with Gasteiger partial charge in [-0.2, -0.15) is 26.3 Å². The van der Waals surface area contributed by atoms with Gasteiger partial charge in [0.2, 0.25) is 4.75 Å². The molecule has 0 heterocycles. The molecule has 0 aliphatic carbocycles. The Morgan fingerprint density at radius 1 is 1.09 bits per heavy atom. The number of phenols is 1. The molecular weight excluding hydrogens is 338 g/mol. The largest absolute Gasteiger partial charge is 0.508 e. The Balaban J connectivity index is 3.46. The highest BCUT2D eigenvalue weighted by atomic mass is 32.2. The lowest BCUT2D eigenvalue weighted by Gasteiger charge is -2.36. The lowest BCUT2D eigenvalue weighted by atomic mass is 9.96. The molecule has 1 rings (SSSR count). The molecule has 0 aliphatic heterocycles. The first-order valence-corrected chi connectivity index (χ1v) is 6.58. The van der Waals surface area contributed by atoms with Crippen molar-refractivity contribution in [1.29, 1.82) is 0 Å². The number of halogens is 6. The lowest BCUT2D eigenvalue weighted by Crippen LogP contribution is -2.51. The normalized spacial score (nSPS) is 13.0. The van der Waals surface area contributed by atoms with E-state index in [1.54, 1.807) is 0 Å². The number of benzene rings is 1. The monoisotopic (exact) mass is 348 g/mol. The molecule has 124 valence electrons. The topological polar surface area (TPSA) is 46.5 Å². The third kappa shape index (κ3) is 3.42. The Morgan fingerprint density at radius 3 is 1.91 bits per heavy atom. The zero-order valence-electron chi connectivity index (χ0n) is 11.0. The van der Waals surface area contributed by atoms with Crippen LogP contribution in [0.15, 0.2) is 24.3 Å². The van der Waals surface area contributed by atoms with Crippen molar-refractivity contribution in [2.45, 2.75) is 17.1 Å². The minimum absolute atomic E-state index is 0.486. The van der Waals surface area contributed by atoms with Gasteiger partial charge in [-0.3, -0.25) is 4.79 Å². The van der Waals surface area contributed by atoms with E-state index in [9.17, 15) is 31.1 Å². The summed E-state index contributed by atoms with van der Waals surface area (Å²) in [6.07, 6.45) is -11.4. The van der Waals surface area contributed by atoms with E-state index < -0.39 is 51.9 Å². The molecule has 10 heteroatoms. The predicted molar refractivity (Wildman–Crippen MR) is 66.4 cm³/mol. The summed E-state index contributed by atoms with van der Waals surface area (Å²) in [7, 11) is 0.853. The summed E-state index contributed by atoms with van der Waals surface area (Å²) < 4.78 is 79.3. The zero-order chi connectivity index (χ0) is 17.2. The third-order valence-corrected chi connectivity index (χ3v) is 4.22. The van der Waals surface area contributed by atoms with E-state index in [1.807, 2.05) is 0 Å². The average molecular weight is 348 g/mol. The van der Waals surface area contributed by atoms with Gasteiger partial charge in [-0.05, 0) is 17.7 Å². The number of alkyl halides is 6. The summed E-state index contributed by atoms with van der Waals surface area (Å²) in [6, 6.07) is 2.45. The van der Waals surface area contributed by atoms with E-state index in [-0.39, 0.29) is 0 Å². The Labute approximate surface area is 125 Å². The van der Waals surface area contributed by atoms with Gasteiger partial charge in [0.15, 0.2) is 0 Å². The van der Waals surface area contributed by atoms with E-state index in [1.165, 1.54) is 0 Å². The molecule has 0 fully saturated rings. The van der Waals surface area contributed by atoms with Crippen LogP contribution in [-0.4, -0.2) is 36.3 Å². The SMILES string of the molecule is COC(=O)CSC(c1ccc(O)cc1)(C(F)(F)F)C(F)(F)F. The standard InChI is InChI=1S/C12H10F6O3S/c1-21-9(20)6-22-10(11(13,14)15,12(16,17)18)7-2-4-8(19)5-3-7/h2-5,19H,6H2,1H3. The first kappa shape index (κ1) is 18.5. The fraction of sp³-hybridized carbons (Fsp3) is 0.417. The second-order valence-corrected chi connectivity index (χ2v) is 5.28. The highest BCUT2D eigenvalue weighted by Gasteiger charge is 2.72. The first-order chi connectivity index (χ1) is 9.95. The molecule has 0 bridgehead atoms. The first-order valence-electron chi connectivity index (χ1n) is 5.59. The number of esters is 1. The molecule has 22 heavy (non-hydrogen) atoms. The van der Waals surface area contributed by atoms with Gasteiger partial charge in [0.25, 0.3) is 0 Å². The van der Waals surface area contributed by atoms with E-state index in [2.05, 4.69) is 4.74 Å². The summed E-state index contributed by atoms with van der Waals surface area (Å²) in [5.74, 6) is -2.85. The van der Waals surface area contributed by atoms with Crippen molar-refractivity contribution in [1.82, 2.24) is 0 Å². The molecule has 3 nitrogen and oxygen atoms in total. The molecule has 0 atom stereocenters. The molecule has 0 aliphatic rings. The number of methoxy groups -OCH3 is 1. The van der Waals surface area contributed by atoms with Gasteiger partial charge < -0.3 is 9.84 Å². The van der Waals surface area contributed by atoms with E-state index in [0.717, 1.165) is 7.11 Å². The molecule has 0 saturated carbocycles. The van der Waals surface area contributed by atoms with Crippen LogP contribution in [0.1, 0.15) is 5.56 Å². The molecule has 0 saturated heterocycles. The third-order valence-electron chi connectivity index (χ3n) is 2.71. The number of hydrogen-bond acceptors (Lipinski definition) is 4. The number of carbonyl (C=O) groups excluding carboxylic acids is 1. The van der Waals surface area contributed by atoms with Crippen molar-refractivity contribution in [2.75, 3.05) is 12.9 Å². The zero-order valence-corrected chi connectivity index (χ0v) is 11.8. The molecule has 0 unspecified atom stereocenters. The van der Waals surface area contributed by atoms with Crippen LogP contribution in [0.3, 0.4) is 0 Å². The smallest absolute Gasteiger partial charge is 0.416 e. The van der Waals surface area contributed by atoms with Gasteiger partial charge in [-0.15, -0.1) is 11.8 Å². The van der Waals surface area contributed by atoms with Gasteiger partial charge >= 0.3 is 18.3 Å². The molecular formula is C12H10F6O3S. The molecule has 1 aromatic carbocycles. The maximum absolute atomic E-state index is 13.3. The quantitative estimate of drug-likeness (QED) is 0.667. The highest BCUT2D eigenvalue weighted by molar-refractivity contribution is 8.01.